The van der Waals surface area contributed by atoms with Gasteiger partial charge >= 0.3 is 0 Å². The van der Waals surface area contributed by atoms with Gasteiger partial charge in [0.1, 0.15) is 0 Å². The van der Waals surface area contributed by atoms with Crippen LogP contribution in [0.15, 0.2) is 22.8 Å². The molecule has 1 spiro atoms. The van der Waals surface area contributed by atoms with Crippen molar-refractivity contribution in [3.8, 4) is 0 Å². The zero-order chi connectivity index (χ0) is 18.3. The number of ether oxygens (including phenoxy) is 2. The van der Waals surface area contributed by atoms with Gasteiger partial charge in [-0.3, -0.25) is 9.69 Å². The quantitative estimate of drug-likeness (QED) is 0.793. The first-order chi connectivity index (χ1) is 13.3. The molecule has 1 aliphatic carbocycles. The Labute approximate surface area is 160 Å². The summed E-state index contributed by atoms with van der Waals surface area (Å²) in [5.74, 6) is 1.28. The van der Waals surface area contributed by atoms with Crippen molar-refractivity contribution in [2.75, 3.05) is 39.5 Å². The molecule has 6 nitrogen and oxygen atoms in total. The third-order valence-corrected chi connectivity index (χ3v) is 7.05. The minimum absolute atomic E-state index is 0.0217. The van der Waals surface area contributed by atoms with Crippen LogP contribution in [0.25, 0.3) is 0 Å². The van der Waals surface area contributed by atoms with Gasteiger partial charge in [0.15, 0.2) is 5.76 Å². The molecule has 1 amide bonds. The van der Waals surface area contributed by atoms with Gasteiger partial charge in [-0.05, 0) is 56.6 Å². The van der Waals surface area contributed by atoms with E-state index in [1.165, 1.54) is 12.8 Å². The molecule has 0 radical (unpaired) electrons. The van der Waals surface area contributed by atoms with Crippen LogP contribution in [0.2, 0.25) is 0 Å². The molecule has 3 aliphatic heterocycles. The van der Waals surface area contributed by atoms with E-state index in [-0.39, 0.29) is 11.4 Å². The normalized spacial score (nSPS) is 29.0. The molecule has 5 rings (SSSR count). The standard InChI is InChI=1S/C21H30N2O4/c24-20(18-2-1-11-26-18)22-9-5-17(6-10-22)23-14-19(27-15-16-3-4-16)21(23)7-12-25-13-8-21/h1-2,11,16-17,19H,3-10,12-15H2. The zero-order valence-corrected chi connectivity index (χ0v) is 16.0. The number of hydrogen-bond acceptors (Lipinski definition) is 5. The maximum Gasteiger partial charge on any atom is 0.289 e. The Morgan fingerprint density at radius 2 is 1.96 bits per heavy atom. The lowest BCUT2D eigenvalue weighted by Crippen LogP contribution is -2.76. The number of likely N-dealkylation sites (tertiary alicyclic amines) is 2. The van der Waals surface area contributed by atoms with E-state index >= 15 is 0 Å². The third-order valence-electron chi connectivity index (χ3n) is 7.05. The zero-order valence-electron chi connectivity index (χ0n) is 16.0. The number of nitrogens with zero attached hydrogens (tertiary/aromatic N) is 2. The van der Waals surface area contributed by atoms with Crippen LogP contribution >= 0.6 is 0 Å². The summed E-state index contributed by atoms with van der Waals surface area (Å²) < 4.78 is 17.3. The van der Waals surface area contributed by atoms with Crippen molar-refractivity contribution in [1.82, 2.24) is 9.80 Å². The summed E-state index contributed by atoms with van der Waals surface area (Å²) in [6.45, 7) is 5.29. The smallest absolute Gasteiger partial charge is 0.289 e. The van der Waals surface area contributed by atoms with Crippen molar-refractivity contribution in [3.63, 3.8) is 0 Å². The molecule has 4 fully saturated rings. The minimum Gasteiger partial charge on any atom is -0.459 e. The molecule has 1 aromatic rings. The maximum absolute atomic E-state index is 12.5. The van der Waals surface area contributed by atoms with Crippen LogP contribution in [0.4, 0.5) is 0 Å². The molecule has 1 saturated carbocycles. The molecule has 6 heteroatoms. The van der Waals surface area contributed by atoms with Gasteiger partial charge in [-0.2, -0.15) is 0 Å². The van der Waals surface area contributed by atoms with Gasteiger partial charge in [-0.1, -0.05) is 0 Å². The van der Waals surface area contributed by atoms with Crippen molar-refractivity contribution in [3.05, 3.63) is 24.2 Å². The number of carbonyl (C=O) groups excluding carboxylic acids is 1. The fraction of sp³-hybridized carbons (Fsp3) is 0.762. The Balaban J connectivity index is 1.20. The van der Waals surface area contributed by atoms with Crippen molar-refractivity contribution < 1.29 is 18.7 Å². The van der Waals surface area contributed by atoms with E-state index in [1.54, 1.807) is 18.4 Å². The van der Waals surface area contributed by atoms with Gasteiger partial charge in [0.25, 0.3) is 5.91 Å². The largest absolute Gasteiger partial charge is 0.459 e. The second kappa shape index (κ2) is 7.22. The van der Waals surface area contributed by atoms with Gasteiger partial charge in [-0.25, -0.2) is 0 Å². The Hall–Kier alpha value is -1.37. The number of hydrogen-bond donors (Lipinski definition) is 0. The number of piperidine rings is 1. The lowest BCUT2D eigenvalue weighted by atomic mass is 9.73. The summed E-state index contributed by atoms with van der Waals surface area (Å²) in [5, 5.41) is 0. The van der Waals surface area contributed by atoms with Crippen molar-refractivity contribution in [2.24, 2.45) is 5.92 Å². The van der Waals surface area contributed by atoms with Crippen molar-refractivity contribution >= 4 is 5.91 Å². The Bertz CT molecular complexity index is 643. The van der Waals surface area contributed by atoms with Gasteiger partial charge in [0, 0.05) is 45.5 Å². The predicted octanol–water partition coefficient (Wildman–Crippen LogP) is 2.54. The van der Waals surface area contributed by atoms with Gasteiger partial charge < -0.3 is 18.8 Å². The van der Waals surface area contributed by atoms with Crippen LogP contribution in [0.3, 0.4) is 0 Å². The van der Waals surface area contributed by atoms with Crippen molar-refractivity contribution in [1.29, 1.82) is 0 Å². The highest BCUT2D eigenvalue weighted by molar-refractivity contribution is 5.91. The topological polar surface area (TPSA) is 55.2 Å². The first-order valence-corrected chi connectivity index (χ1v) is 10.6. The summed E-state index contributed by atoms with van der Waals surface area (Å²) in [7, 11) is 0. The van der Waals surface area contributed by atoms with E-state index in [1.807, 2.05) is 4.90 Å². The summed E-state index contributed by atoms with van der Waals surface area (Å²) in [6, 6.07) is 4.07. The lowest BCUT2D eigenvalue weighted by molar-refractivity contribution is -0.217. The summed E-state index contributed by atoms with van der Waals surface area (Å²) in [4.78, 5) is 17.1. The lowest BCUT2D eigenvalue weighted by Gasteiger charge is -2.63. The van der Waals surface area contributed by atoms with Crippen LogP contribution in [-0.2, 0) is 9.47 Å². The third kappa shape index (κ3) is 3.32. The number of amides is 1. The second-order valence-corrected chi connectivity index (χ2v) is 8.63. The Morgan fingerprint density at radius 1 is 1.19 bits per heavy atom. The minimum atomic E-state index is 0.0217. The fourth-order valence-electron chi connectivity index (χ4n) is 5.13. The number of rotatable bonds is 5. The summed E-state index contributed by atoms with van der Waals surface area (Å²) >= 11 is 0. The molecule has 27 heavy (non-hydrogen) atoms. The highest BCUT2D eigenvalue weighted by Gasteiger charge is 2.57. The van der Waals surface area contributed by atoms with E-state index in [0.717, 1.165) is 71.1 Å². The molecule has 4 heterocycles. The van der Waals surface area contributed by atoms with E-state index in [4.69, 9.17) is 13.9 Å². The van der Waals surface area contributed by atoms with Crippen LogP contribution < -0.4 is 0 Å². The Kier molecular flexibility index (Phi) is 4.74. The molecule has 1 aromatic heterocycles. The second-order valence-electron chi connectivity index (χ2n) is 8.63. The average Bonchev–Trinajstić information content (AvgIpc) is 3.38. The highest BCUT2D eigenvalue weighted by atomic mass is 16.5. The molecular formula is C21H30N2O4. The molecule has 1 atom stereocenters. The molecule has 1 unspecified atom stereocenters. The summed E-state index contributed by atoms with van der Waals surface area (Å²) in [6.07, 6.45) is 8.83. The first-order valence-electron chi connectivity index (χ1n) is 10.6. The van der Waals surface area contributed by atoms with Gasteiger partial charge in [0.05, 0.1) is 17.9 Å². The van der Waals surface area contributed by atoms with Crippen molar-refractivity contribution in [2.45, 2.75) is 56.2 Å². The van der Waals surface area contributed by atoms with E-state index in [0.29, 0.717) is 17.9 Å². The number of carbonyl (C=O) groups is 1. The molecule has 4 aliphatic rings. The molecular weight excluding hydrogens is 344 g/mol. The van der Waals surface area contributed by atoms with E-state index in [9.17, 15) is 4.79 Å². The van der Waals surface area contributed by atoms with Gasteiger partial charge in [-0.15, -0.1) is 0 Å². The van der Waals surface area contributed by atoms with Crippen LogP contribution in [0.1, 0.15) is 49.1 Å². The Morgan fingerprint density at radius 3 is 2.63 bits per heavy atom. The van der Waals surface area contributed by atoms with Crippen LogP contribution in [-0.4, -0.2) is 72.8 Å². The summed E-state index contributed by atoms with van der Waals surface area (Å²) in [5.41, 5.74) is 0.172. The average molecular weight is 374 g/mol. The molecule has 148 valence electrons. The predicted molar refractivity (Wildman–Crippen MR) is 99.6 cm³/mol. The maximum atomic E-state index is 12.5. The SMILES string of the molecule is O=C(c1ccco1)N1CCC(N2CC(OCC3CC3)C23CCOCC3)CC1. The molecule has 0 aromatic carbocycles. The number of furan rings is 1. The van der Waals surface area contributed by atoms with E-state index < -0.39 is 0 Å². The van der Waals surface area contributed by atoms with Crippen LogP contribution in [0, 0.1) is 5.92 Å². The molecule has 3 saturated heterocycles. The monoisotopic (exact) mass is 374 g/mol. The highest BCUT2D eigenvalue weighted by Crippen LogP contribution is 2.45. The molecule has 0 N–H and O–H groups in total. The van der Waals surface area contributed by atoms with Gasteiger partial charge in [0.2, 0.25) is 0 Å². The van der Waals surface area contributed by atoms with E-state index in [2.05, 4.69) is 4.90 Å². The first kappa shape index (κ1) is 17.7. The van der Waals surface area contributed by atoms with Crippen LogP contribution in [0.5, 0.6) is 0 Å². The molecule has 0 bridgehead atoms. The fourth-order valence-corrected chi connectivity index (χ4v) is 5.13.